The van der Waals surface area contributed by atoms with Crippen molar-refractivity contribution in [2.75, 3.05) is 0 Å². The van der Waals surface area contributed by atoms with Crippen molar-refractivity contribution in [3.63, 3.8) is 0 Å². The number of aromatic nitrogens is 2. The first kappa shape index (κ1) is 15.4. The number of carboxylic acids is 1. The van der Waals surface area contributed by atoms with Crippen LogP contribution in [0.15, 0.2) is 48.7 Å². The zero-order valence-corrected chi connectivity index (χ0v) is 12.7. The first-order chi connectivity index (χ1) is 11.5. The first-order valence-electron chi connectivity index (χ1n) is 7.10. The summed E-state index contributed by atoms with van der Waals surface area (Å²) >= 11 is 0. The summed E-state index contributed by atoms with van der Waals surface area (Å²) in [7, 11) is 0. The predicted octanol–water partition coefficient (Wildman–Crippen LogP) is 3.32. The molecule has 0 bridgehead atoms. The summed E-state index contributed by atoms with van der Waals surface area (Å²) < 4.78 is 1.80. The maximum Gasteiger partial charge on any atom is 0.328 e. The van der Waals surface area contributed by atoms with Crippen LogP contribution in [0.1, 0.15) is 11.3 Å². The van der Waals surface area contributed by atoms with E-state index in [-0.39, 0.29) is 5.69 Å². The number of benzene rings is 1. The van der Waals surface area contributed by atoms with E-state index in [0.29, 0.717) is 22.6 Å². The largest absolute Gasteiger partial charge is 0.478 e. The van der Waals surface area contributed by atoms with E-state index in [1.165, 1.54) is 18.2 Å². The van der Waals surface area contributed by atoms with Gasteiger partial charge in [0.2, 0.25) is 0 Å². The molecule has 24 heavy (non-hydrogen) atoms. The molecule has 7 nitrogen and oxygen atoms in total. The predicted molar refractivity (Wildman–Crippen MR) is 88.7 cm³/mol. The number of hydrogen-bond acceptors (Lipinski definition) is 4. The van der Waals surface area contributed by atoms with Gasteiger partial charge in [0, 0.05) is 30.0 Å². The highest BCUT2D eigenvalue weighted by Gasteiger charge is 2.14. The molecule has 0 saturated heterocycles. The Balaban J connectivity index is 2.20. The van der Waals surface area contributed by atoms with Crippen LogP contribution in [0.3, 0.4) is 0 Å². The van der Waals surface area contributed by atoms with Gasteiger partial charge in [-0.2, -0.15) is 0 Å². The summed E-state index contributed by atoms with van der Waals surface area (Å²) in [5, 5.41) is 19.7. The Bertz CT molecular complexity index is 971. The highest BCUT2D eigenvalue weighted by molar-refractivity contribution is 5.87. The van der Waals surface area contributed by atoms with Crippen LogP contribution in [0.5, 0.6) is 0 Å². The van der Waals surface area contributed by atoms with E-state index in [0.717, 1.165) is 11.6 Å². The van der Waals surface area contributed by atoms with E-state index in [2.05, 4.69) is 4.98 Å². The molecule has 0 unspecified atom stereocenters. The van der Waals surface area contributed by atoms with Gasteiger partial charge in [-0.1, -0.05) is 6.07 Å². The molecule has 2 aromatic heterocycles. The fourth-order valence-corrected chi connectivity index (χ4v) is 2.43. The molecular formula is C17H13N3O4. The van der Waals surface area contributed by atoms with Gasteiger partial charge in [0.25, 0.3) is 5.69 Å². The Morgan fingerprint density at radius 3 is 2.58 bits per heavy atom. The molecule has 3 rings (SSSR count). The number of carboxylic acid groups (broad SMARTS) is 1. The van der Waals surface area contributed by atoms with Crippen LogP contribution in [0.4, 0.5) is 5.69 Å². The molecule has 0 saturated carbocycles. The van der Waals surface area contributed by atoms with Gasteiger partial charge in [-0.15, -0.1) is 0 Å². The van der Waals surface area contributed by atoms with Gasteiger partial charge in [-0.05, 0) is 36.8 Å². The average Bonchev–Trinajstić information content (AvgIpc) is 2.90. The van der Waals surface area contributed by atoms with Crippen LogP contribution >= 0.6 is 0 Å². The molecule has 7 heteroatoms. The third kappa shape index (κ3) is 2.87. The SMILES string of the molecule is Cc1ccc2nc(-c3ccc([N+](=O)[O-])cc3)c(C=CC(=O)O)n2c1. The molecule has 2 heterocycles. The van der Waals surface area contributed by atoms with Gasteiger partial charge >= 0.3 is 5.97 Å². The Morgan fingerprint density at radius 2 is 1.96 bits per heavy atom. The molecule has 0 aliphatic carbocycles. The number of imidazole rings is 1. The molecule has 0 aliphatic heterocycles. The molecule has 0 aliphatic rings. The molecule has 1 aromatic carbocycles. The molecule has 0 fully saturated rings. The zero-order chi connectivity index (χ0) is 17.3. The van der Waals surface area contributed by atoms with E-state index >= 15 is 0 Å². The number of aliphatic carboxylic acids is 1. The summed E-state index contributed by atoms with van der Waals surface area (Å²) in [6, 6.07) is 9.75. The lowest BCUT2D eigenvalue weighted by atomic mass is 10.1. The number of carbonyl (C=O) groups is 1. The lowest BCUT2D eigenvalue weighted by Gasteiger charge is -2.01. The Labute approximate surface area is 136 Å². The van der Waals surface area contributed by atoms with Gasteiger partial charge in [0.15, 0.2) is 0 Å². The minimum atomic E-state index is -1.06. The van der Waals surface area contributed by atoms with Gasteiger partial charge in [-0.25, -0.2) is 9.78 Å². The molecule has 0 atom stereocenters. The van der Waals surface area contributed by atoms with Crippen LogP contribution in [-0.2, 0) is 4.79 Å². The summed E-state index contributed by atoms with van der Waals surface area (Å²) in [4.78, 5) is 25.7. The minimum Gasteiger partial charge on any atom is -0.478 e. The number of nitro benzene ring substituents is 1. The Hall–Kier alpha value is -3.48. The van der Waals surface area contributed by atoms with Crippen molar-refractivity contribution < 1.29 is 14.8 Å². The minimum absolute atomic E-state index is 0.0130. The van der Waals surface area contributed by atoms with Crippen molar-refractivity contribution in [3.05, 3.63) is 70.0 Å². The van der Waals surface area contributed by atoms with Crippen LogP contribution in [0, 0.1) is 17.0 Å². The van der Waals surface area contributed by atoms with Crippen LogP contribution in [0.2, 0.25) is 0 Å². The van der Waals surface area contributed by atoms with Crippen molar-refractivity contribution in [3.8, 4) is 11.3 Å². The molecular weight excluding hydrogens is 310 g/mol. The van der Waals surface area contributed by atoms with Crippen molar-refractivity contribution in [2.24, 2.45) is 0 Å². The molecule has 0 amide bonds. The Morgan fingerprint density at radius 1 is 1.25 bits per heavy atom. The fraction of sp³-hybridized carbons (Fsp3) is 0.0588. The van der Waals surface area contributed by atoms with Crippen LogP contribution in [-0.4, -0.2) is 25.4 Å². The highest BCUT2D eigenvalue weighted by Crippen LogP contribution is 2.27. The standard InChI is InChI=1S/C17H13N3O4/c1-11-2-8-15-18-17(12-3-5-13(6-4-12)20(23)24)14(19(15)10-11)7-9-16(21)22/h2-10H,1H3,(H,21,22). The number of hydrogen-bond donors (Lipinski definition) is 1. The summed E-state index contributed by atoms with van der Waals surface area (Å²) in [5.74, 6) is -1.06. The first-order valence-corrected chi connectivity index (χ1v) is 7.10. The summed E-state index contributed by atoms with van der Waals surface area (Å²) in [6.45, 7) is 1.93. The maximum absolute atomic E-state index is 10.9. The topological polar surface area (TPSA) is 97.7 Å². The van der Waals surface area contributed by atoms with E-state index in [9.17, 15) is 14.9 Å². The Kier molecular flexibility index (Phi) is 3.83. The number of nitrogens with zero attached hydrogens (tertiary/aromatic N) is 3. The van der Waals surface area contributed by atoms with Gasteiger partial charge in [-0.3, -0.25) is 14.5 Å². The second kappa shape index (κ2) is 5.96. The maximum atomic E-state index is 10.9. The highest BCUT2D eigenvalue weighted by atomic mass is 16.6. The fourth-order valence-electron chi connectivity index (χ4n) is 2.43. The van der Waals surface area contributed by atoms with E-state index in [1.54, 1.807) is 16.5 Å². The molecule has 0 radical (unpaired) electrons. The lowest BCUT2D eigenvalue weighted by Crippen LogP contribution is -1.92. The molecule has 0 spiro atoms. The van der Waals surface area contributed by atoms with E-state index in [1.807, 2.05) is 25.3 Å². The average molecular weight is 323 g/mol. The number of nitro groups is 1. The summed E-state index contributed by atoms with van der Waals surface area (Å²) in [5.41, 5.74) is 3.49. The number of rotatable bonds is 4. The van der Waals surface area contributed by atoms with Crippen molar-refractivity contribution in [2.45, 2.75) is 6.92 Å². The summed E-state index contributed by atoms with van der Waals surface area (Å²) in [6.07, 6.45) is 4.37. The smallest absolute Gasteiger partial charge is 0.328 e. The van der Waals surface area contributed by atoms with Crippen molar-refractivity contribution >= 4 is 23.4 Å². The lowest BCUT2D eigenvalue weighted by molar-refractivity contribution is -0.384. The number of non-ortho nitro benzene ring substituents is 1. The second-order valence-electron chi connectivity index (χ2n) is 5.26. The molecule has 1 N–H and O–H groups in total. The van der Waals surface area contributed by atoms with Gasteiger partial charge in [0.05, 0.1) is 16.3 Å². The normalized spacial score (nSPS) is 11.2. The monoisotopic (exact) mass is 323 g/mol. The molecule has 120 valence electrons. The van der Waals surface area contributed by atoms with Crippen LogP contribution < -0.4 is 0 Å². The van der Waals surface area contributed by atoms with E-state index in [4.69, 9.17) is 5.11 Å². The van der Waals surface area contributed by atoms with Gasteiger partial charge in [0.1, 0.15) is 5.65 Å². The van der Waals surface area contributed by atoms with Crippen molar-refractivity contribution in [1.29, 1.82) is 0 Å². The number of fused-ring (bicyclic) bond motifs is 1. The second-order valence-corrected chi connectivity index (χ2v) is 5.26. The zero-order valence-electron chi connectivity index (χ0n) is 12.7. The van der Waals surface area contributed by atoms with Gasteiger partial charge < -0.3 is 5.11 Å². The third-order valence-electron chi connectivity index (χ3n) is 3.54. The van der Waals surface area contributed by atoms with Crippen LogP contribution in [0.25, 0.3) is 23.0 Å². The quantitative estimate of drug-likeness (QED) is 0.451. The number of pyridine rings is 1. The third-order valence-corrected chi connectivity index (χ3v) is 3.54. The van der Waals surface area contributed by atoms with E-state index < -0.39 is 10.9 Å². The van der Waals surface area contributed by atoms with Crippen molar-refractivity contribution in [1.82, 2.24) is 9.38 Å². The number of aryl methyl sites for hydroxylation is 1. The molecule has 3 aromatic rings.